The largest absolute Gasteiger partial charge is 0.463 e. The van der Waals surface area contributed by atoms with Crippen LogP contribution in [0.5, 0.6) is 0 Å². The molecule has 0 radical (unpaired) electrons. The van der Waals surface area contributed by atoms with Crippen LogP contribution in [-0.2, 0) is 9.53 Å². The molecule has 0 amide bonds. The molecule has 0 aliphatic carbocycles. The van der Waals surface area contributed by atoms with Gasteiger partial charge in [0.15, 0.2) is 0 Å². The number of carbonyl (C=O) groups excluding carboxylic acids is 1. The zero-order valence-electron chi connectivity index (χ0n) is 19.5. The Labute approximate surface area is 182 Å². The van der Waals surface area contributed by atoms with Crippen LogP contribution in [0.2, 0.25) is 0 Å². The first kappa shape index (κ1) is 28.3. The smallest absolute Gasteiger partial charge is 0.309 e. The number of rotatable bonds is 15. The molecule has 2 atom stereocenters. The van der Waals surface area contributed by atoms with Crippen molar-refractivity contribution in [2.24, 2.45) is 0 Å². The predicted octanol–water partition coefficient (Wildman–Crippen LogP) is 4.78. The molecule has 172 valence electrons. The first-order valence-corrected chi connectivity index (χ1v) is 10.9. The lowest BCUT2D eigenvalue weighted by molar-refractivity contribution is -0.148. The summed E-state index contributed by atoms with van der Waals surface area (Å²) in [7, 11) is 0. The summed E-state index contributed by atoms with van der Waals surface area (Å²) in [5, 5.41) is 27.4. The van der Waals surface area contributed by atoms with Crippen molar-refractivity contribution in [2.45, 2.75) is 91.8 Å². The predicted molar refractivity (Wildman–Crippen MR) is 123 cm³/mol. The van der Waals surface area contributed by atoms with Gasteiger partial charge in [0.1, 0.15) is 18.8 Å². The van der Waals surface area contributed by atoms with E-state index < -0.39 is 24.8 Å². The van der Waals surface area contributed by atoms with E-state index in [9.17, 15) is 15.0 Å². The number of allylic oxidation sites excluding steroid dienone is 7. The number of esters is 1. The minimum absolute atomic E-state index is 0.132. The van der Waals surface area contributed by atoms with Crippen LogP contribution in [0.25, 0.3) is 0 Å². The second-order valence-corrected chi connectivity index (χ2v) is 8.25. The van der Waals surface area contributed by atoms with Gasteiger partial charge in [-0.2, -0.15) is 0 Å². The van der Waals surface area contributed by atoms with Crippen molar-refractivity contribution < 1.29 is 24.9 Å². The summed E-state index contributed by atoms with van der Waals surface area (Å²) in [4.78, 5) is 11.7. The van der Waals surface area contributed by atoms with Crippen LogP contribution in [0.3, 0.4) is 0 Å². The summed E-state index contributed by atoms with van der Waals surface area (Å²) in [6.45, 7) is 9.72. The topological polar surface area (TPSA) is 87.0 Å². The van der Waals surface area contributed by atoms with Crippen molar-refractivity contribution in [3.8, 4) is 0 Å². The Hall–Kier alpha value is -1.69. The van der Waals surface area contributed by atoms with Crippen LogP contribution < -0.4 is 0 Å². The minimum atomic E-state index is -1.30. The molecule has 0 bridgehead atoms. The number of hydrogen-bond donors (Lipinski definition) is 3. The highest BCUT2D eigenvalue weighted by Crippen LogP contribution is 2.14. The fourth-order valence-electron chi connectivity index (χ4n) is 2.71. The van der Waals surface area contributed by atoms with Crippen molar-refractivity contribution in [3.63, 3.8) is 0 Å². The molecule has 0 rings (SSSR count). The van der Waals surface area contributed by atoms with Crippen molar-refractivity contribution in [1.29, 1.82) is 0 Å². The van der Waals surface area contributed by atoms with Crippen LogP contribution >= 0.6 is 0 Å². The van der Waals surface area contributed by atoms with Gasteiger partial charge in [-0.05, 0) is 73.1 Å². The van der Waals surface area contributed by atoms with E-state index in [0.29, 0.717) is 0 Å². The normalized spacial score (nSPS) is 15.0. The fraction of sp³-hybridized carbons (Fsp3) is 0.640. The van der Waals surface area contributed by atoms with Crippen LogP contribution in [0.15, 0.2) is 46.6 Å². The fourth-order valence-corrected chi connectivity index (χ4v) is 2.71. The van der Waals surface area contributed by atoms with Crippen LogP contribution in [0.4, 0.5) is 0 Å². The molecule has 0 unspecified atom stereocenters. The van der Waals surface area contributed by atoms with Gasteiger partial charge >= 0.3 is 5.97 Å². The van der Waals surface area contributed by atoms with Crippen molar-refractivity contribution in [2.75, 3.05) is 13.2 Å². The molecule has 0 aliphatic heterocycles. The summed E-state index contributed by atoms with van der Waals surface area (Å²) < 4.78 is 4.89. The maximum Gasteiger partial charge on any atom is 0.309 e. The molecule has 5 nitrogen and oxygen atoms in total. The van der Waals surface area contributed by atoms with Crippen LogP contribution in [0, 0.1) is 0 Å². The molecular weight excluding hydrogens is 380 g/mol. The second kappa shape index (κ2) is 17.0. The molecule has 0 saturated carbocycles. The number of carbonyl (C=O) groups is 1. The van der Waals surface area contributed by atoms with Gasteiger partial charge in [-0.15, -0.1) is 0 Å². The zero-order valence-corrected chi connectivity index (χ0v) is 19.5. The highest BCUT2D eigenvalue weighted by Gasteiger charge is 2.16. The Balaban J connectivity index is 4.11. The molecule has 30 heavy (non-hydrogen) atoms. The summed E-state index contributed by atoms with van der Waals surface area (Å²) >= 11 is 0. The standard InChI is InChI=1S/C25H42O5/c1-19(2)9-6-10-20(3)11-7-12-21(4)13-8-14-22(5)15-16-25(29)30-18-24(28)23(27)17-26/h9,11,13,15,23-24,26-28H,6-8,10,12,14,16-18H2,1-5H3/b20-11+,21-13+,22-15+/t23-,24+/m1/s1. The van der Waals surface area contributed by atoms with Gasteiger partial charge < -0.3 is 20.1 Å². The number of ether oxygens (including phenoxy) is 1. The maximum atomic E-state index is 11.7. The summed E-state index contributed by atoms with van der Waals surface area (Å²) in [5.41, 5.74) is 5.32. The number of aliphatic hydroxyl groups is 3. The molecule has 0 fully saturated rings. The molecule has 0 spiro atoms. The van der Waals surface area contributed by atoms with Gasteiger partial charge in [-0.3, -0.25) is 4.79 Å². The molecule has 0 saturated heterocycles. The molecule has 0 heterocycles. The Morgan fingerprint density at radius 2 is 1.23 bits per heavy atom. The van der Waals surface area contributed by atoms with Crippen molar-refractivity contribution >= 4 is 5.97 Å². The highest BCUT2D eigenvalue weighted by atomic mass is 16.5. The maximum absolute atomic E-state index is 11.7. The lowest BCUT2D eigenvalue weighted by Crippen LogP contribution is -2.34. The average molecular weight is 423 g/mol. The summed E-state index contributed by atoms with van der Waals surface area (Å²) in [6, 6.07) is 0. The molecule has 5 heteroatoms. The van der Waals surface area contributed by atoms with E-state index in [1.807, 2.05) is 13.0 Å². The van der Waals surface area contributed by atoms with E-state index in [0.717, 1.165) is 44.1 Å². The van der Waals surface area contributed by atoms with E-state index >= 15 is 0 Å². The van der Waals surface area contributed by atoms with Gasteiger partial charge in [0.05, 0.1) is 13.0 Å². The molecular formula is C25H42O5. The number of hydrogen-bond acceptors (Lipinski definition) is 5. The molecule has 0 aliphatic rings. The molecule has 3 N–H and O–H groups in total. The van der Waals surface area contributed by atoms with Gasteiger partial charge in [-0.1, -0.05) is 46.6 Å². The first-order chi connectivity index (χ1) is 14.1. The van der Waals surface area contributed by atoms with E-state index in [2.05, 4.69) is 45.9 Å². The quantitative estimate of drug-likeness (QED) is 0.261. The van der Waals surface area contributed by atoms with Gasteiger partial charge in [0, 0.05) is 0 Å². The molecule has 0 aromatic carbocycles. The van der Waals surface area contributed by atoms with E-state index in [-0.39, 0.29) is 13.0 Å². The Kier molecular flexibility index (Phi) is 16.1. The first-order valence-electron chi connectivity index (χ1n) is 10.9. The Bertz CT molecular complexity index is 609. The van der Waals surface area contributed by atoms with E-state index in [1.165, 1.54) is 16.7 Å². The Morgan fingerprint density at radius 3 is 1.70 bits per heavy atom. The lowest BCUT2D eigenvalue weighted by atomic mass is 10.0. The lowest BCUT2D eigenvalue weighted by Gasteiger charge is -2.15. The SMILES string of the molecule is CC(C)=CCC/C(C)=C/CC/C(C)=C/CC/C(C)=C/CC(=O)OC[C@H](O)[C@H](O)CO. The second-order valence-electron chi connectivity index (χ2n) is 8.25. The molecule has 0 aromatic heterocycles. The summed E-state index contributed by atoms with van der Waals surface area (Å²) in [6.07, 6.45) is 12.5. The van der Waals surface area contributed by atoms with Gasteiger partial charge in [0.25, 0.3) is 0 Å². The van der Waals surface area contributed by atoms with Crippen molar-refractivity contribution in [3.05, 3.63) is 46.6 Å². The number of aliphatic hydroxyl groups excluding tert-OH is 3. The highest BCUT2D eigenvalue weighted by molar-refractivity contribution is 5.71. The molecule has 0 aromatic rings. The van der Waals surface area contributed by atoms with Crippen LogP contribution in [0.1, 0.15) is 79.6 Å². The zero-order chi connectivity index (χ0) is 22.9. The summed E-state index contributed by atoms with van der Waals surface area (Å²) in [5.74, 6) is -0.461. The average Bonchev–Trinajstić information content (AvgIpc) is 2.69. The third kappa shape index (κ3) is 16.1. The third-order valence-corrected chi connectivity index (χ3v) is 4.82. The minimum Gasteiger partial charge on any atom is -0.463 e. The monoisotopic (exact) mass is 422 g/mol. The van der Waals surface area contributed by atoms with E-state index in [4.69, 9.17) is 9.84 Å². The van der Waals surface area contributed by atoms with Gasteiger partial charge in [-0.25, -0.2) is 0 Å². The Morgan fingerprint density at radius 1 is 0.767 bits per heavy atom. The van der Waals surface area contributed by atoms with Crippen LogP contribution in [-0.4, -0.2) is 46.7 Å². The third-order valence-electron chi connectivity index (χ3n) is 4.82. The van der Waals surface area contributed by atoms with E-state index in [1.54, 1.807) is 0 Å². The van der Waals surface area contributed by atoms with Gasteiger partial charge in [0.2, 0.25) is 0 Å². The van der Waals surface area contributed by atoms with Crippen molar-refractivity contribution in [1.82, 2.24) is 0 Å².